The molecular formula is C12H10Cl2N2O2S. The maximum absolute atomic E-state index is 12.2. The number of anilines is 1. The van der Waals surface area contributed by atoms with Crippen molar-refractivity contribution in [1.29, 1.82) is 0 Å². The number of sulfonamides is 1. The number of halogens is 2. The van der Waals surface area contributed by atoms with Gasteiger partial charge in [-0.05, 0) is 30.7 Å². The van der Waals surface area contributed by atoms with Gasteiger partial charge in [0, 0.05) is 12.4 Å². The zero-order chi connectivity index (χ0) is 14.0. The highest BCUT2D eigenvalue weighted by Gasteiger charge is 2.19. The number of hydrogen-bond acceptors (Lipinski definition) is 3. The lowest BCUT2D eigenvalue weighted by molar-refractivity contribution is 0.601. The summed E-state index contributed by atoms with van der Waals surface area (Å²) < 4.78 is 26.7. The quantitative estimate of drug-likeness (QED) is 0.942. The van der Waals surface area contributed by atoms with Crippen LogP contribution in [0.4, 0.5) is 5.69 Å². The molecule has 2 rings (SSSR count). The molecule has 7 heteroatoms. The van der Waals surface area contributed by atoms with Gasteiger partial charge in [0.15, 0.2) is 0 Å². The topological polar surface area (TPSA) is 59.1 Å². The number of nitrogens with one attached hydrogen (secondary N) is 1. The van der Waals surface area contributed by atoms with Crippen molar-refractivity contribution in [3.05, 3.63) is 52.3 Å². The Kier molecular flexibility index (Phi) is 3.99. The van der Waals surface area contributed by atoms with Gasteiger partial charge in [-0.1, -0.05) is 29.3 Å². The number of pyridine rings is 1. The molecule has 1 N–H and O–H groups in total. The molecule has 1 aromatic heterocycles. The van der Waals surface area contributed by atoms with E-state index in [0.29, 0.717) is 10.7 Å². The number of benzene rings is 1. The molecular weight excluding hydrogens is 307 g/mol. The maximum atomic E-state index is 12.2. The van der Waals surface area contributed by atoms with Gasteiger partial charge in [0.25, 0.3) is 10.0 Å². The van der Waals surface area contributed by atoms with Crippen molar-refractivity contribution in [3.63, 3.8) is 0 Å². The molecule has 0 aliphatic carbocycles. The molecule has 1 aromatic carbocycles. The summed E-state index contributed by atoms with van der Waals surface area (Å²) in [4.78, 5) is 3.66. The van der Waals surface area contributed by atoms with Crippen LogP contribution < -0.4 is 4.72 Å². The number of rotatable bonds is 3. The standard InChI is InChI=1S/C12H10Cl2N2O2S/c1-8-2-3-11(10(14)6-8)16-19(17,18)12-7-15-5-4-9(12)13/h2-7,16H,1H3. The first-order valence-corrected chi connectivity index (χ1v) is 7.52. The van der Waals surface area contributed by atoms with E-state index in [1.165, 1.54) is 18.5 Å². The molecule has 0 unspecified atom stereocenters. The van der Waals surface area contributed by atoms with Gasteiger partial charge >= 0.3 is 0 Å². The molecule has 0 bridgehead atoms. The molecule has 0 amide bonds. The fraction of sp³-hybridized carbons (Fsp3) is 0.0833. The van der Waals surface area contributed by atoms with Crippen LogP contribution >= 0.6 is 23.2 Å². The van der Waals surface area contributed by atoms with Gasteiger partial charge in [0.1, 0.15) is 4.90 Å². The lowest BCUT2D eigenvalue weighted by Gasteiger charge is -2.10. The SMILES string of the molecule is Cc1ccc(NS(=O)(=O)c2cnccc2Cl)c(Cl)c1. The van der Waals surface area contributed by atoms with Crippen LogP contribution in [0.3, 0.4) is 0 Å². The van der Waals surface area contributed by atoms with E-state index in [0.717, 1.165) is 5.56 Å². The third-order valence-electron chi connectivity index (χ3n) is 2.39. The van der Waals surface area contributed by atoms with E-state index in [1.54, 1.807) is 18.2 Å². The summed E-state index contributed by atoms with van der Waals surface area (Å²) in [5, 5.41) is 0.425. The van der Waals surface area contributed by atoms with Gasteiger partial charge in [-0.3, -0.25) is 9.71 Å². The number of aryl methyl sites for hydroxylation is 1. The summed E-state index contributed by atoms with van der Waals surface area (Å²) in [7, 11) is -3.81. The van der Waals surface area contributed by atoms with Crippen molar-refractivity contribution in [1.82, 2.24) is 4.98 Å². The average Bonchev–Trinajstić information content (AvgIpc) is 2.33. The molecule has 0 saturated heterocycles. The van der Waals surface area contributed by atoms with Crippen molar-refractivity contribution < 1.29 is 8.42 Å². The van der Waals surface area contributed by atoms with Gasteiger partial charge in [-0.25, -0.2) is 8.42 Å². The summed E-state index contributed by atoms with van der Waals surface area (Å²) in [5.41, 5.74) is 1.24. The van der Waals surface area contributed by atoms with Gasteiger partial charge in [0.05, 0.1) is 15.7 Å². The molecule has 2 aromatic rings. The van der Waals surface area contributed by atoms with Crippen molar-refractivity contribution in [2.45, 2.75) is 11.8 Å². The monoisotopic (exact) mass is 316 g/mol. The predicted molar refractivity (Wildman–Crippen MR) is 76.2 cm³/mol. The van der Waals surface area contributed by atoms with Crippen molar-refractivity contribution in [2.24, 2.45) is 0 Å². The molecule has 0 spiro atoms. The molecule has 4 nitrogen and oxygen atoms in total. The minimum absolute atomic E-state index is 0.0895. The normalized spacial score (nSPS) is 11.3. The Hall–Kier alpha value is -1.30. The smallest absolute Gasteiger partial charge is 0.264 e. The second kappa shape index (κ2) is 5.36. The van der Waals surface area contributed by atoms with Gasteiger partial charge in [-0.15, -0.1) is 0 Å². The highest BCUT2D eigenvalue weighted by atomic mass is 35.5. The largest absolute Gasteiger partial charge is 0.278 e. The van der Waals surface area contributed by atoms with E-state index < -0.39 is 10.0 Å². The first-order valence-electron chi connectivity index (χ1n) is 5.28. The van der Waals surface area contributed by atoms with Crippen molar-refractivity contribution >= 4 is 38.9 Å². The lowest BCUT2D eigenvalue weighted by Crippen LogP contribution is -2.14. The lowest BCUT2D eigenvalue weighted by atomic mass is 10.2. The molecule has 0 atom stereocenters. The third-order valence-corrected chi connectivity index (χ3v) is 4.54. The van der Waals surface area contributed by atoms with Crippen LogP contribution in [0.1, 0.15) is 5.56 Å². The third kappa shape index (κ3) is 3.18. The minimum atomic E-state index is -3.81. The predicted octanol–water partition coefficient (Wildman–Crippen LogP) is 3.50. The van der Waals surface area contributed by atoms with Crippen LogP contribution in [0.25, 0.3) is 0 Å². The highest BCUT2D eigenvalue weighted by Crippen LogP contribution is 2.27. The van der Waals surface area contributed by atoms with Gasteiger partial charge in [-0.2, -0.15) is 0 Å². The van der Waals surface area contributed by atoms with Crippen LogP contribution in [-0.4, -0.2) is 13.4 Å². The number of aromatic nitrogens is 1. The zero-order valence-corrected chi connectivity index (χ0v) is 12.2. The molecule has 0 saturated carbocycles. The molecule has 100 valence electrons. The molecule has 0 fully saturated rings. The van der Waals surface area contributed by atoms with E-state index in [9.17, 15) is 8.42 Å². The Bertz CT molecular complexity index is 717. The number of hydrogen-bond donors (Lipinski definition) is 1. The summed E-state index contributed by atoms with van der Waals surface area (Å²) >= 11 is 11.8. The molecule has 1 heterocycles. The highest BCUT2D eigenvalue weighted by molar-refractivity contribution is 7.92. The van der Waals surface area contributed by atoms with Gasteiger partial charge < -0.3 is 0 Å². The fourth-order valence-corrected chi connectivity index (χ4v) is 3.31. The Labute approximate surface area is 121 Å². The molecule has 19 heavy (non-hydrogen) atoms. The fourth-order valence-electron chi connectivity index (χ4n) is 1.46. The summed E-state index contributed by atoms with van der Waals surface area (Å²) in [6.45, 7) is 1.86. The van der Waals surface area contributed by atoms with E-state index >= 15 is 0 Å². The Morgan fingerprint density at radius 2 is 1.89 bits per heavy atom. The van der Waals surface area contributed by atoms with E-state index in [2.05, 4.69) is 9.71 Å². The Morgan fingerprint density at radius 1 is 1.16 bits per heavy atom. The zero-order valence-electron chi connectivity index (χ0n) is 9.89. The molecule has 0 aliphatic heterocycles. The second-order valence-electron chi connectivity index (χ2n) is 3.89. The van der Waals surface area contributed by atoms with Crippen LogP contribution in [0.5, 0.6) is 0 Å². The van der Waals surface area contributed by atoms with Crippen LogP contribution in [0.2, 0.25) is 10.0 Å². The Morgan fingerprint density at radius 3 is 2.53 bits per heavy atom. The first kappa shape index (κ1) is 14.1. The van der Waals surface area contributed by atoms with E-state index in [1.807, 2.05) is 6.92 Å². The summed E-state index contributed by atoms with van der Waals surface area (Å²) in [6.07, 6.45) is 2.60. The molecule has 0 radical (unpaired) electrons. The molecule has 0 aliphatic rings. The van der Waals surface area contributed by atoms with Crippen molar-refractivity contribution in [3.8, 4) is 0 Å². The van der Waals surface area contributed by atoms with Crippen LogP contribution in [0.15, 0.2) is 41.6 Å². The average molecular weight is 317 g/mol. The van der Waals surface area contributed by atoms with Crippen LogP contribution in [0, 0.1) is 6.92 Å². The number of nitrogens with zero attached hydrogens (tertiary/aromatic N) is 1. The van der Waals surface area contributed by atoms with E-state index in [-0.39, 0.29) is 9.92 Å². The minimum Gasteiger partial charge on any atom is -0.278 e. The maximum Gasteiger partial charge on any atom is 0.264 e. The Balaban J connectivity index is 2.40. The van der Waals surface area contributed by atoms with Crippen LogP contribution in [-0.2, 0) is 10.0 Å². The summed E-state index contributed by atoms with van der Waals surface area (Å²) in [5.74, 6) is 0. The van der Waals surface area contributed by atoms with Crippen molar-refractivity contribution in [2.75, 3.05) is 4.72 Å². The summed E-state index contributed by atoms with van der Waals surface area (Å²) in [6, 6.07) is 6.44. The van der Waals surface area contributed by atoms with Gasteiger partial charge in [0.2, 0.25) is 0 Å². The second-order valence-corrected chi connectivity index (χ2v) is 6.36. The first-order chi connectivity index (χ1) is 8.90. The van der Waals surface area contributed by atoms with E-state index in [4.69, 9.17) is 23.2 Å².